The van der Waals surface area contributed by atoms with Crippen molar-refractivity contribution < 1.29 is 4.79 Å². The average molecular weight is 279 g/mol. The monoisotopic (exact) mass is 279 g/mol. The van der Waals surface area contributed by atoms with Crippen molar-refractivity contribution >= 4 is 5.91 Å². The number of nitrogens with zero attached hydrogens (tertiary/aromatic N) is 1. The van der Waals surface area contributed by atoms with Gasteiger partial charge in [0, 0.05) is 30.6 Å². The van der Waals surface area contributed by atoms with Crippen LogP contribution in [-0.4, -0.2) is 48.1 Å². The number of carbonyl (C=O) groups is 1. The number of fused-ring (bicyclic) bond motifs is 2. The summed E-state index contributed by atoms with van der Waals surface area (Å²) in [5.41, 5.74) is 0. The van der Waals surface area contributed by atoms with Crippen molar-refractivity contribution in [3.05, 3.63) is 0 Å². The highest BCUT2D eigenvalue weighted by Gasteiger charge is 2.39. The van der Waals surface area contributed by atoms with Gasteiger partial charge < -0.3 is 10.6 Å². The smallest absolute Gasteiger partial charge is 0.220 e. The van der Waals surface area contributed by atoms with Crippen molar-refractivity contribution in [1.29, 1.82) is 0 Å². The summed E-state index contributed by atoms with van der Waals surface area (Å²) in [5.74, 6) is 0.266. The highest BCUT2D eigenvalue weighted by atomic mass is 16.1. The third-order valence-corrected chi connectivity index (χ3v) is 5.14. The lowest BCUT2D eigenvalue weighted by molar-refractivity contribution is -0.121. The molecular weight excluding hydrogens is 250 g/mol. The summed E-state index contributed by atoms with van der Waals surface area (Å²) < 4.78 is 0. The van der Waals surface area contributed by atoms with E-state index in [1.807, 2.05) is 0 Å². The van der Waals surface area contributed by atoms with E-state index in [0.29, 0.717) is 12.5 Å². The largest absolute Gasteiger partial charge is 0.353 e. The zero-order valence-corrected chi connectivity index (χ0v) is 12.7. The summed E-state index contributed by atoms with van der Waals surface area (Å²) in [6.45, 7) is 4.41. The van der Waals surface area contributed by atoms with E-state index in [4.69, 9.17) is 0 Å². The lowest BCUT2D eigenvalue weighted by Gasteiger charge is -2.39. The summed E-state index contributed by atoms with van der Waals surface area (Å²) in [6, 6.07) is 2.77. The molecule has 3 fully saturated rings. The number of carbonyl (C=O) groups excluding carboxylic acids is 1. The molecule has 0 aromatic rings. The molecular formula is C16H29N3O. The minimum Gasteiger partial charge on any atom is -0.353 e. The molecule has 1 amide bonds. The van der Waals surface area contributed by atoms with Crippen LogP contribution < -0.4 is 10.6 Å². The van der Waals surface area contributed by atoms with E-state index in [1.54, 1.807) is 0 Å². The first kappa shape index (κ1) is 14.3. The number of hydrogen-bond acceptors (Lipinski definition) is 3. The predicted octanol–water partition coefficient (Wildman–Crippen LogP) is 1.65. The van der Waals surface area contributed by atoms with E-state index >= 15 is 0 Å². The Morgan fingerprint density at radius 3 is 2.40 bits per heavy atom. The Kier molecular flexibility index (Phi) is 4.61. The first-order chi connectivity index (χ1) is 9.76. The normalized spacial score (nSPS) is 33.4. The minimum absolute atomic E-state index is 0.266. The highest BCUT2D eigenvalue weighted by molar-refractivity contribution is 5.76. The number of hydrogen-bond donors (Lipinski definition) is 2. The summed E-state index contributed by atoms with van der Waals surface area (Å²) in [7, 11) is 0. The molecule has 2 saturated heterocycles. The molecule has 1 aliphatic carbocycles. The van der Waals surface area contributed by atoms with Crippen LogP contribution in [0.2, 0.25) is 0 Å². The summed E-state index contributed by atoms with van der Waals surface area (Å²) >= 11 is 0. The average Bonchev–Trinajstić information content (AvgIpc) is 3.18. The quantitative estimate of drug-likeness (QED) is 0.745. The zero-order chi connectivity index (χ0) is 13.9. The van der Waals surface area contributed by atoms with Gasteiger partial charge in [0.15, 0.2) is 0 Å². The second kappa shape index (κ2) is 6.44. The molecule has 2 heterocycles. The van der Waals surface area contributed by atoms with Crippen LogP contribution in [0.25, 0.3) is 0 Å². The van der Waals surface area contributed by atoms with Gasteiger partial charge in [0.1, 0.15) is 0 Å². The van der Waals surface area contributed by atoms with Crippen LogP contribution in [0.3, 0.4) is 0 Å². The SMILES string of the molecule is CCNC1CC2CCC(C1)N2CCCC(=O)NC1CC1. The van der Waals surface area contributed by atoms with E-state index in [-0.39, 0.29) is 5.91 Å². The summed E-state index contributed by atoms with van der Waals surface area (Å²) in [5, 5.41) is 6.70. The molecule has 0 radical (unpaired) electrons. The van der Waals surface area contributed by atoms with E-state index < -0.39 is 0 Å². The van der Waals surface area contributed by atoms with Gasteiger partial charge in [-0.05, 0) is 58.0 Å². The van der Waals surface area contributed by atoms with Gasteiger partial charge in [-0.3, -0.25) is 9.69 Å². The maximum absolute atomic E-state index is 11.7. The van der Waals surface area contributed by atoms with Crippen molar-refractivity contribution in [2.45, 2.75) is 82.5 Å². The molecule has 0 aromatic heterocycles. The number of amides is 1. The summed E-state index contributed by atoms with van der Waals surface area (Å²) in [4.78, 5) is 14.4. The fourth-order valence-corrected chi connectivity index (χ4v) is 4.04. The lowest BCUT2D eigenvalue weighted by Crippen LogP contribution is -2.49. The van der Waals surface area contributed by atoms with Crippen molar-refractivity contribution in [2.75, 3.05) is 13.1 Å². The fourth-order valence-electron chi connectivity index (χ4n) is 4.04. The van der Waals surface area contributed by atoms with Crippen molar-refractivity contribution in [3.63, 3.8) is 0 Å². The number of rotatable bonds is 7. The molecule has 4 heteroatoms. The maximum atomic E-state index is 11.7. The van der Waals surface area contributed by atoms with Gasteiger partial charge in [-0.1, -0.05) is 6.92 Å². The van der Waals surface area contributed by atoms with Crippen LogP contribution in [0, 0.1) is 0 Å². The number of piperidine rings is 1. The van der Waals surface area contributed by atoms with Crippen molar-refractivity contribution in [2.24, 2.45) is 0 Å². The van der Waals surface area contributed by atoms with Gasteiger partial charge in [0.05, 0.1) is 0 Å². The second-order valence-electron chi connectivity index (χ2n) is 6.79. The lowest BCUT2D eigenvalue weighted by atomic mass is 9.97. The molecule has 2 atom stereocenters. The van der Waals surface area contributed by atoms with Crippen LogP contribution in [0.5, 0.6) is 0 Å². The topological polar surface area (TPSA) is 44.4 Å². The van der Waals surface area contributed by atoms with Crippen LogP contribution >= 0.6 is 0 Å². The van der Waals surface area contributed by atoms with Crippen LogP contribution in [0.1, 0.15) is 58.3 Å². The predicted molar refractivity (Wildman–Crippen MR) is 80.6 cm³/mol. The first-order valence-electron chi connectivity index (χ1n) is 8.54. The third kappa shape index (κ3) is 3.53. The molecule has 1 saturated carbocycles. The van der Waals surface area contributed by atoms with Gasteiger partial charge in [-0.15, -0.1) is 0 Å². The van der Waals surface area contributed by atoms with E-state index in [1.165, 1.54) is 38.5 Å². The fraction of sp³-hybridized carbons (Fsp3) is 0.938. The number of nitrogens with one attached hydrogen (secondary N) is 2. The zero-order valence-electron chi connectivity index (χ0n) is 12.7. The standard InChI is InChI=1S/C16H29N3O/c1-2-17-13-10-14-7-8-15(11-13)19(14)9-3-4-16(20)18-12-5-6-12/h12-15,17H,2-11H2,1H3,(H,18,20). The van der Waals surface area contributed by atoms with E-state index in [9.17, 15) is 4.79 Å². The Labute approximate surface area is 122 Å². The van der Waals surface area contributed by atoms with Crippen LogP contribution in [0.15, 0.2) is 0 Å². The minimum atomic E-state index is 0.266. The highest BCUT2D eigenvalue weighted by Crippen LogP contribution is 2.35. The van der Waals surface area contributed by atoms with Crippen molar-refractivity contribution in [3.8, 4) is 0 Å². The first-order valence-corrected chi connectivity index (χ1v) is 8.54. The molecule has 0 spiro atoms. The van der Waals surface area contributed by atoms with Gasteiger partial charge in [0.2, 0.25) is 5.91 Å². The molecule has 4 nitrogen and oxygen atoms in total. The Hall–Kier alpha value is -0.610. The molecule has 2 unspecified atom stereocenters. The Balaban J connectivity index is 1.39. The van der Waals surface area contributed by atoms with Crippen LogP contribution in [0.4, 0.5) is 0 Å². The van der Waals surface area contributed by atoms with Gasteiger partial charge >= 0.3 is 0 Å². The van der Waals surface area contributed by atoms with Gasteiger partial charge in [-0.2, -0.15) is 0 Å². The van der Waals surface area contributed by atoms with Gasteiger partial charge in [0.25, 0.3) is 0 Å². The van der Waals surface area contributed by atoms with Crippen molar-refractivity contribution in [1.82, 2.24) is 15.5 Å². The Bertz CT molecular complexity index is 329. The molecule has 2 N–H and O–H groups in total. The molecule has 20 heavy (non-hydrogen) atoms. The van der Waals surface area contributed by atoms with Crippen LogP contribution in [-0.2, 0) is 4.79 Å². The molecule has 3 aliphatic rings. The molecule has 114 valence electrons. The van der Waals surface area contributed by atoms with E-state index in [2.05, 4.69) is 22.5 Å². The Morgan fingerprint density at radius 1 is 1.10 bits per heavy atom. The van der Waals surface area contributed by atoms with Gasteiger partial charge in [-0.25, -0.2) is 0 Å². The second-order valence-corrected chi connectivity index (χ2v) is 6.79. The molecule has 3 rings (SSSR count). The maximum Gasteiger partial charge on any atom is 0.220 e. The molecule has 0 aromatic carbocycles. The molecule has 2 aliphatic heterocycles. The summed E-state index contributed by atoms with van der Waals surface area (Å²) in [6.07, 6.45) is 9.45. The molecule has 2 bridgehead atoms. The Morgan fingerprint density at radius 2 is 1.80 bits per heavy atom. The van der Waals surface area contributed by atoms with E-state index in [0.717, 1.165) is 37.6 Å². The third-order valence-electron chi connectivity index (χ3n) is 5.14.